The van der Waals surface area contributed by atoms with Crippen LogP contribution in [-0.4, -0.2) is 25.6 Å². The summed E-state index contributed by atoms with van der Waals surface area (Å²) in [6.45, 7) is 6.06. The number of amides is 1. The standard InChI is InChI=1S/C21H25NO4/c1-21(2,3)16-9-11-17(12-10-16)22-19(23)14-26-20(24)13-15-7-5-6-8-18(15)25-4/h5-12H,13-14H2,1-4H3,(H,22,23). The fraction of sp³-hybridized carbons (Fsp3) is 0.333. The molecular weight excluding hydrogens is 330 g/mol. The Bertz CT molecular complexity index is 760. The monoisotopic (exact) mass is 355 g/mol. The maximum absolute atomic E-state index is 12.0. The summed E-state index contributed by atoms with van der Waals surface area (Å²) in [7, 11) is 1.54. The van der Waals surface area contributed by atoms with E-state index in [1.807, 2.05) is 36.4 Å². The number of esters is 1. The normalized spacial score (nSPS) is 10.9. The molecule has 2 aromatic carbocycles. The highest BCUT2D eigenvalue weighted by Gasteiger charge is 2.14. The van der Waals surface area contributed by atoms with Gasteiger partial charge in [0.25, 0.3) is 5.91 Å². The van der Waals surface area contributed by atoms with Gasteiger partial charge in [0.15, 0.2) is 6.61 Å². The third-order valence-corrected chi connectivity index (χ3v) is 3.93. The molecule has 1 N–H and O–H groups in total. The second kappa shape index (κ2) is 8.52. The molecule has 2 rings (SSSR count). The molecule has 0 unspecified atom stereocenters. The van der Waals surface area contributed by atoms with Crippen LogP contribution >= 0.6 is 0 Å². The van der Waals surface area contributed by atoms with Crippen molar-refractivity contribution < 1.29 is 19.1 Å². The van der Waals surface area contributed by atoms with Crippen LogP contribution in [0.2, 0.25) is 0 Å². The smallest absolute Gasteiger partial charge is 0.310 e. The zero-order valence-electron chi connectivity index (χ0n) is 15.7. The molecular formula is C21H25NO4. The highest BCUT2D eigenvalue weighted by molar-refractivity contribution is 5.92. The first-order chi connectivity index (χ1) is 12.3. The van der Waals surface area contributed by atoms with Crippen LogP contribution in [0.25, 0.3) is 0 Å². The lowest BCUT2D eigenvalue weighted by molar-refractivity contribution is -0.146. The number of benzene rings is 2. The Morgan fingerprint density at radius 2 is 1.65 bits per heavy atom. The highest BCUT2D eigenvalue weighted by atomic mass is 16.5. The molecule has 0 aliphatic rings. The average molecular weight is 355 g/mol. The Kier molecular flexibility index (Phi) is 6.39. The van der Waals surface area contributed by atoms with E-state index in [0.717, 1.165) is 5.56 Å². The molecule has 0 saturated carbocycles. The quantitative estimate of drug-likeness (QED) is 0.802. The summed E-state index contributed by atoms with van der Waals surface area (Å²) in [6.07, 6.45) is 0.0531. The van der Waals surface area contributed by atoms with Crippen LogP contribution in [0.4, 0.5) is 5.69 Å². The van der Waals surface area contributed by atoms with Crippen molar-refractivity contribution in [2.75, 3.05) is 19.0 Å². The maximum atomic E-state index is 12.0. The van der Waals surface area contributed by atoms with Crippen molar-refractivity contribution >= 4 is 17.6 Å². The summed E-state index contributed by atoms with van der Waals surface area (Å²) in [5.41, 5.74) is 2.62. The number of carbonyl (C=O) groups excluding carboxylic acids is 2. The topological polar surface area (TPSA) is 64.6 Å². The molecule has 138 valence electrons. The molecule has 5 nitrogen and oxygen atoms in total. The fourth-order valence-electron chi connectivity index (χ4n) is 2.45. The predicted molar refractivity (Wildman–Crippen MR) is 101 cm³/mol. The number of methoxy groups -OCH3 is 1. The second-order valence-electron chi connectivity index (χ2n) is 7.02. The number of para-hydroxylation sites is 1. The number of anilines is 1. The van der Waals surface area contributed by atoms with Crippen LogP contribution in [0.1, 0.15) is 31.9 Å². The van der Waals surface area contributed by atoms with E-state index in [2.05, 4.69) is 26.1 Å². The number of rotatable bonds is 6. The van der Waals surface area contributed by atoms with Gasteiger partial charge >= 0.3 is 5.97 Å². The highest BCUT2D eigenvalue weighted by Crippen LogP contribution is 2.23. The third kappa shape index (κ3) is 5.62. The van der Waals surface area contributed by atoms with Gasteiger partial charge in [-0.3, -0.25) is 9.59 Å². The van der Waals surface area contributed by atoms with E-state index in [4.69, 9.17) is 9.47 Å². The van der Waals surface area contributed by atoms with Gasteiger partial charge in [0.05, 0.1) is 13.5 Å². The summed E-state index contributed by atoms with van der Waals surface area (Å²) >= 11 is 0. The van der Waals surface area contributed by atoms with Crippen LogP contribution in [0.5, 0.6) is 5.75 Å². The fourth-order valence-corrected chi connectivity index (χ4v) is 2.45. The summed E-state index contributed by atoms with van der Waals surface area (Å²) in [5.74, 6) is -0.234. The van der Waals surface area contributed by atoms with Gasteiger partial charge in [0, 0.05) is 11.3 Å². The molecule has 0 heterocycles. The molecule has 1 amide bonds. The van der Waals surface area contributed by atoms with Gasteiger partial charge in [0.2, 0.25) is 0 Å². The molecule has 0 radical (unpaired) electrons. The number of hydrogen-bond donors (Lipinski definition) is 1. The first-order valence-electron chi connectivity index (χ1n) is 8.47. The Morgan fingerprint density at radius 3 is 2.27 bits per heavy atom. The second-order valence-corrected chi connectivity index (χ2v) is 7.02. The number of hydrogen-bond acceptors (Lipinski definition) is 4. The number of carbonyl (C=O) groups is 2. The van der Waals surface area contributed by atoms with Crippen molar-refractivity contribution in [1.82, 2.24) is 0 Å². The van der Waals surface area contributed by atoms with Crippen molar-refractivity contribution in [3.05, 3.63) is 59.7 Å². The van der Waals surface area contributed by atoms with E-state index in [-0.39, 0.29) is 24.3 Å². The lowest BCUT2D eigenvalue weighted by atomic mass is 9.87. The molecule has 0 atom stereocenters. The summed E-state index contributed by atoms with van der Waals surface area (Å²) in [4.78, 5) is 23.9. The lowest BCUT2D eigenvalue weighted by Gasteiger charge is -2.19. The van der Waals surface area contributed by atoms with Gasteiger partial charge in [-0.1, -0.05) is 51.1 Å². The van der Waals surface area contributed by atoms with Gasteiger partial charge in [-0.05, 0) is 29.2 Å². The zero-order valence-corrected chi connectivity index (χ0v) is 15.7. The van der Waals surface area contributed by atoms with E-state index >= 15 is 0 Å². The number of ether oxygens (including phenoxy) is 2. The Morgan fingerprint density at radius 1 is 1.00 bits per heavy atom. The SMILES string of the molecule is COc1ccccc1CC(=O)OCC(=O)Nc1ccc(C(C)(C)C)cc1. The van der Waals surface area contributed by atoms with E-state index < -0.39 is 5.97 Å². The maximum Gasteiger partial charge on any atom is 0.310 e. The molecule has 0 fully saturated rings. The van der Waals surface area contributed by atoms with Crippen LogP contribution in [0.15, 0.2) is 48.5 Å². The molecule has 0 aromatic heterocycles. The zero-order chi connectivity index (χ0) is 19.2. The summed E-state index contributed by atoms with van der Waals surface area (Å²) in [5, 5.41) is 2.72. The van der Waals surface area contributed by atoms with Crippen LogP contribution in [0, 0.1) is 0 Å². The van der Waals surface area contributed by atoms with Gasteiger partial charge in [-0.25, -0.2) is 0 Å². The van der Waals surface area contributed by atoms with E-state index in [1.165, 1.54) is 5.56 Å². The van der Waals surface area contributed by atoms with Gasteiger partial charge in [-0.15, -0.1) is 0 Å². The molecule has 26 heavy (non-hydrogen) atoms. The molecule has 0 aliphatic carbocycles. The summed E-state index contributed by atoms with van der Waals surface area (Å²) < 4.78 is 10.2. The minimum absolute atomic E-state index is 0.0521. The third-order valence-electron chi connectivity index (χ3n) is 3.93. The first kappa shape index (κ1) is 19.5. The summed E-state index contributed by atoms with van der Waals surface area (Å²) in [6, 6.07) is 14.8. The van der Waals surface area contributed by atoms with Crippen molar-refractivity contribution in [3.8, 4) is 5.75 Å². The van der Waals surface area contributed by atoms with E-state index in [1.54, 1.807) is 19.2 Å². The van der Waals surface area contributed by atoms with Crippen molar-refractivity contribution in [1.29, 1.82) is 0 Å². The predicted octanol–water partition coefficient (Wildman–Crippen LogP) is 3.72. The molecule has 0 aliphatic heterocycles. The van der Waals surface area contributed by atoms with Gasteiger partial charge in [-0.2, -0.15) is 0 Å². The van der Waals surface area contributed by atoms with Crippen LogP contribution in [-0.2, 0) is 26.2 Å². The molecule has 2 aromatic rings. The molecule has 0 bridgehead atoms. The molecule has 0 spiro atoms. The molecule has 0 saturated heterocycles. The van der Waals surface area contributed by atoms with E-state index in [9.17, 15) is 9.59 Å². The number of nitrogens with one attached hydrogen (secondary N) is 1. The Labute approximate surface area is 154 Å². The Balaban J connectivity index is 1.84. The van der Waals surface area contributed by atoms with Gasteiger partial charge < -0.3 is 14.8 Å². The van der Waals surface area contributed by atoms with Crippen LogP contribution in [0.3, 0.4) is 0 Å². The first-order valence-corrected chi connectivity index (χ1v) is 8.47. The Hall–Kier alpha value is -2.82. The van der Waals surface area contributed by atoms with Gasteiger partial charge in [0.1, 0.15) is 5.75 Å². The van der Waals surface area contributed by atoms with E-state index in [0.29, 0.717) is 11.4 Å². The van der Waals surface area contributed by atoms with Crippen LogP contribution < -0.4 is 10.1 Å². The largest absolute Gasteiger partial charge is 0.496 e. The minimum atomic E-state index is -0.479. The lowest BCUT2D eigenvalue weighted by Crippen LogP contribution is -2.21. The average Bonchev–Trinajstić information content (AvgIpc) is 2.60. The van der Waals surface area contributed by atoms with Crippen molar-refractivity contribution in [3.63, 3.8) is 0 Å². The minimum Gasteiger partial charge on any atom is -0.496 e. The molecule has 5 heteroatoms. The van der Waals surface area contributed by atoms with Crippen molar-refractivity contribution in [2.45, 2.75) is 32.6 Å². The van der Waals surface area contributed by atoms with Crippen molar-refractivity contribution in [2.24, 2.45) is 0 Å².